The summed E-state index contributed by atoms with van der Waals surface area (Å²) < 4.78 is 0. The lowest BCUT2D eigenvalue weighted by Crippen LogP contribution is -2.55. The number of anilines is 1. The summed E-state index contributed by atoms with van der Waals surface area (Å²) in [6.45, 7) is 3.20. The summed E-state index contributed by atoms with van der Waals surface area (Å²) in [5.41, 5.74) is 0.577. The highest BCUT2D eigenvalue weighted by Gasteiger charge is 2.32. The molecule has 2 fully saturated rings. The molecular weight excluding hydrogens is 308 g/mol. The van der Waals surface area contributed by atoms with Gasteiger partial charge < -0.3 is 14.9 Å². The first kappa shape index (κ1) is 16.7. The molecule has 0 radical (unpaired) electrons. The Morgan fingerprint density at radius 3 is 2.62 bits per heavy atom. The number of piperidine rings is 1. The number of piperazine rings is 1. The van der Waals surface area contributed by atoms with Crippen molar-refractivity contribution in [1.29, 1.82) is 0 Å². The lowest BCUT2D eigenvalue weighted by molar-refractivity contribution is -0.142. The molecule has 1 aromatic heterocycles. The summed E-state index contributed by atoms with van der Waals surface area (Å²) in [6.07, 6.45) is 4.91. The van der Waals surface area contributed by atoms with E-state index in [-0.39, 0.29) is 5.91 Å². The van der Waals surface area contributed by atoms with Crippen LogP contribution in [-0.4, -0.2) is 77.6 Å². The van der Waals surface area contributed by atoms with Gasteiger partial charge in [-0.1, -0.05) is 0 Å². The predicted molar refractivity (Wildman–Crippen MR) is 90.3 cm³/mol. The number of nitrogens with zero attached hydrogens (tertiary/aromatic N) is 4. The first-order chi connectivity index (χ1) is 11.6. The first-order valence-electron chi connectivity index (χ1n) is 8.50. The van der Waals surface area contributed by atoms with E-state index in [1.54, 1.807) is 18.3 Å². The Labute approximate surface area is 141 Å². The van der Waals surface area contributed by atoms with Crippen LogP contribution in [0.15, 0.2) is 18.3 Å². The van der Waals surface area contributed by atoms with Crippen molar-refractivity contribution in [2.75, 3.05) is 44.7 Å². The van der Waals surface area contributed by atoms with Crippen LogP contribution >= 0.6 is 0 Å². The molecule has 0 bridgehead atoms. The summed E-state index contributed by atoms with van der Waals surface area (Å²) in [4.78, 5) is 34.4. The van der Waals surface area contributed by atoms with Gasteiger partial charge in [0.25, 0.3) is 5.91 Å². The van der Waals surface area contributed by atoms with Crippen molar-refractivity contribution in [3.05, 3.63) is 23.9 Å². The van der Waals surface area contributed by atoms with Gasteiger partial charge >= 0.3 is 5.97 Å². The van der Waals surface area contributed by atoms with Crippen molar-refractivity contribution in [3.63, 3.8) is 0 Å². The molecule has 2 aliphatic rings. The minimum atomic E-state index is -0.845. The lowest BCUT2D eigenvalue weighted by Gasteiger charge is -2.38. The van der Waals surface area contributed by atoms with Crippen molar-refractivity contribution < 1.29 is 14.7 Å². The van der Waals surface area contributed by atoms with E-state index in [2.05, 4.69) is 4.98 Å². The smallest absolute Gasteiger partial charge is 0.322 e. The molecule has 3 heterocycles. The van der Waals surface area contributed by atoms with Crippen LogP contribution in [-0.2, 0) is 4.79 Å². The van der Waals surface area contributed by atoms with Gasteiger partial charge in [0.15, 0.2) is 0 Å². The molecule has 0 spiro atoms. The number of carboxylic acids is 1. The van der Waals surface area contributed by atoms with Gasteiger partial charge in [-0.05, 0) is 38.4 Å². The average molecular weight is 332 g/mol. The number of amides is 1. The molecule has 1 atom stereocenters. The number of hydrogen-bond acceptors (Lipinski definition) is 5. The molecule has 0 aromatic carbocycles. The van der Waals surface area contributed by atoms with Crippen molar-refractivity contribution in [1.82, 2.24) is 14.8 Å². The van der Waals surface area contributed by atoms with Gasteiger partial charge in [-0.3, -0.25) is 14.5 Å². The zero-order valence-electron chi connectivity index (χ0n) is 14.0. The van der Waals surface area contributed by atoms with E-state index < -0.39 is 12.0 Å². The van der Waals surface area contributed by atoms with Gasteiger partial charge in [-0.2, -0.15) is 0 Å². The highest BCUT2D eigenvalue weighted by atomic mass is 16.4. The van der Waals surface area contributed by atoms with E-state index in [4.69, 9.17) is 0 Å². The molecule has 1 amide bonds. The first-order valence-corrected chi connectivity index (χ1v) is 8.50. The monoisotopic (exact) mass is 332 g/mol. The minimum Gasteiger partial charge on any atom is -0.480 e. The Morgan fingerprint density at radius 2 is 1.92 bits per heavy atom. The van der Waals surface area contributed by atoms with Crippen LogP contribution in [0.2, 0.25) is 0 Å². The van der Waals surface area contributed by atoms with Crippen LogP contribution in [0, 0.1) is 0 Å². The van der Waals surface area contributed by atoms with Gasteiger partial charge in [0.1, 0.15) is 11.9 Å². The predicted octanol–water partition coefficient (Wildman–Crippen LogP) is 0.913. The second-order valence-corrected chi connectivity index (χ2v) is 6.51. The Bertz CT molecular complexity index is 616. The molecule has 24 heavy (non-hydrogen) atoms. The quantitative estimate of drug-likeness (QED) is 0.887. The van der Waals surface area contributed by atoms with E-state index in [1.165, 1.54) is 6.42 Å². The SMILES string of the molecule is CN1CCN(c2ncccc2C(=O)N2CCCCC2)C[C@@H]1C(=O)O. The van der Waals surface area contributed by atoms with E-state index >= 15 is 0 Å². The van der Waals surface area contributed by atoms with Gasteiger partial charge in [0, 0.05) is 38.9 Å². The minimum absolute atomic E-state index is 0.00334. The Kier molecular flexibility index (Phi) is 4.99. The van der Waals surface area contributed by atoms with Crippen molar-refractivity contribution >= 4 is 17.7 Å². The summed E-state index contributed by atoms with van der Waals surface area (Å²) in [7, 11) is 1.81. The van der Waals surface area contributed by atoms with E-state index in [0.717, 1.165) is 25.9 Å². The standard InChI is InChI=1S/C17H24N4O3/c1-19-10-11-21(12-14(19)17(23)24)15-13(6-5-7-18-15)16(22)20-8-3-2-4-9-20/h5-7,14H,2-4,8-12H2,1H3,(H,23,24)/t14-/m1/s1. The maximum atomic E-state index is 12.9. The third kappa shape index (κ3) is 3.36. The molecular formula is C17H24N4O3. The van der Waals surface area contributed by atoms with Crippen LogP contribution in [0.1, 0.15) is 29.6 Å². The highest BCUT2D eigenvalue weighted by Crippen LogP contribution is 2.23. The molecule has 1 aromatic rings. The second-order valence-electron chi connectivity index (χ2n) is 6.51. The van der Waals surface area contributed by atoms with Crippen molar-refractivity contribution in [2.24, 2.45) is 0 Å². The fourth-order valence-corrected chi connectivity index (χ4v) is 3.42. The fraction of sp³-hybridized carbons (Fsp3) is 0.588. The molecule has 7 nitrogen and oxygen atoms in total. The number of carbonyl (C=O) groups is 2. The molecule has 130 valence electrons. The molecule has 2 saturated heterocycles. The second kappa shape index (κ2) is 7.17. The largest absolute Gasteiger partial charge is 0.480 e. The molecule has 0 unspecified atom stereocenters. The van der Waals surface area contributed by atoms with Gasteiger partial charge in [-0.15, -0.1) is 0 Å². The third-order valence-corrected chi connectivity index (χ3v) is 4.89. The third-order valence-electron chi connectivity index (χ3n) is 4.89. The summed E-state index contributed by atoms with van der Waals surface area (Å²) in [6, 6.07) is 2.98. The molecule has 3 rings (SSSR count). The summed E-state index contributed by atoms with van der Waals surface area (Å²) in [5.74, 6) is -0.238. The van der Waals surface area contributed by atoms with Gasteiger partial charge in [0.05, 0.1) is 5.56 Å². The zero-order chi connectivity index (χ0) is 17.1. The fourth-order valence-electron chi connectivity index (χ4n) is 3.42. The summed E-state index contributed by atoms with van der Waals surface area (Å²) >= 11 is 0. The number of carbonyl (C=O) groups excluding carboxylic acids is 1. The topological polar surface area (TPSA) is 77.0 Å². The maximum Gasteiger partial charge on any atom is 0.322 e. The molecule has 7 heteroatoms. The number of pyridine rings is 1. The highest BCUT2D eigenvalue weighted by molar-refractivity contribution is 5.99. The molecule has 0 saturated carbocycles. The molecule has 0 aliphatic carbocycles. The number of likely N-dealkylation sites (N-methyl/N-ethyl adjacent to an activating group) is 1. The Hall–Kier alpha value is -2.15. The average Bonchev–Trinajstić information content (AvgIpc) is 2.62. The van der Waals surface area contributed by atoms with Crippen LogP contribution in [0.4, 0.5) is 5.82 Å². The zero-order valence-corrected chi connectivity index (χ0v) is 14.0. The van der Waals surface area contributed by atoms with Crippen LogP contribution in [0.3, 0.4) is 0 Å². The van der Waals surface area contributed by atoms with Crippen LogP contribution in [0.5, 0.6) is 0 Å². The Morgan fingerprint density at radius 1 is 1.17 bits per heavy atom. The van der Waals surface area contributed by atoms with Crippen LogP contribution < -0.4 is 4.90 Å². The van der Waals surface area contributed by atoms with Crippen molar-refractivity contribution in [3.8, 4) is 0 Å². The number of hydrogen-bond donors (Lipinski definition) is 1. The van der Waals surface area contributed by atoms with Gasteiger partial charge in [-0.25, -0.2) is 4.98 Å². The van der Waals surface area contributed by atoms with Crippen molar-refractivity contribution in [2.45, 2.75) is 25.3 Å². The lowest BCUT2D eigenvalue weighted by atomic mass is 10.1. The molecule has 2 aliphatic heterocycles. The maximum absolute atomic E-state index is 12.9. The normalized spacial score (nSPS) is 22.5. The molecule has 1 N–H and O–H groups in total. The number of likely N-dealkylation sites (tertiary alicyclic amines) is 1. The number of rotatable bonds is 3. The Balaban J connectivity index is 1.83. The van der Waals surface area contributed by atoms with Gasteiger partial charge in [0.2, 0.25) is 0 Å². The van der Waals surface area contributed by atoms with E-state index in [1.807, 2.05) is 21.7 Å². The summed E-state index contributed by atoms with van der Waals surface area (Å²) in [5, 5.41) is 9.39. The van der Waals surface area contributed by atoms with E-state index in [9.17, 15) is 14.7 Å². The number of aromatic nitrogens is 1. The number of aliphatic carboxylic acids is 1. The number of carboxylic acid groups (broad SMARTS) is 1. The van der Waals surface area contributed by atoms with E-state index in [0.29, 0.717) is 31.0 Å². The van der Waals surface area contributed by atoms with Crippen LogP contribution in [0.25, 0.3) is 0 Å².